The van der Waals surface area contributed by atoms with Gasteiger partial charge >= 0.3 is 0 Å². The zero-order chi connectivity index (χ0) is 14.3. The molecule has 5 heteroatoms. The van der Waals surface area contributed by atoms with Crippen molar-refractivity contribution in [2.45, 2.75) is 13.8 Å². The molecule has 0 saturated carbocycles. The number of rotatable bonds is 2. The Hall–Kier alpha value is -2.14. The predicted molar refractivity (Wildman–Crippen MR) is 83.3 cm³/mol. The maximum Gasteiger partial charge on any atom is 0.166 e. The molecule has 0 radical (unpaired) electrons. The van der Waals surface area contributed by atoms with Crippen molar-refractivity contribution in [3.05, 3.63) is 34.7 Å². The van der Waals surface area contributed by atoms with Crippen LogP contribution in [0.5, 0.6) is 5.75 Å². The van der Waals surface area contributed by atoms with E-state index in [1.165, 1.54) is 4.88 Å². The first-order valence-electron chi connectivity index (χ1n) is 6.28. The lowest BCUT2D eigenvalue weighted by molar-refractivity contribution is 0.416. The number of fused-ring (bicyclic) bond motifs is 1. The number of hydrogen-bond acceptors (Lipinski definition) is 5. The van der Waals surface area contributed by atoms with Crippen molar-refractivity contribution in [3.8, 4) is 17.1 Å². The van der Waals surface area contributed by atoms with E-state index in [4.69, 9.17) is 10.5 Å². The molecule has 3 rings (SSSR count). The van der Waals surface area contributed by atoms with Crippen molar-refractivity contribution < 1.29 is 4.74 Å². The molecule has 0 unspecified atom stereocenters. The van der Waals surface area contributed by atoms with Crippen LogP contribution in [-0.2, 0) is 0 Å². The van der Waals surface area contributed by atoms with Crippen LogP contribution in [0.3, 0.4) is 0 Å². The van der Waals surface area contributed by atoms with Gasteiger partial charge in [-0.05, 0) is 31.5 Å². The zero-order valence-electron chi connectivity index (χ0n) is 11.6. The number of nitrogens with zero attached hydrogens (tertiary/aromatic N) is 2. The van der Waals surface area contributed by atoms with Crippen molar-refractivity contribution >= 4 is 27.4 Å². The summed E-state index contributed by atoms with van der Waals surface area (Å²) in [5.74, 6) is 1.88. The number of nitrogens with two attached hydrogens (primary N) is 1. The average molecular weight is 285 g/mol. The number of ether oxygens (including phenoxy) is 1. The second kappa shape index (κ2) is 4.76. The summed E-state index contributed by atoms with van der Waals surface area (Å²) in [5, 5.41) is 0.964. The van der Waals surface area contributed by atoms with E-state index >= 15 is 0 Å². The molecular formula is C15H15N3OS. The highest BCUT2D eigenvalue weighted by Crippen LogP contribution is 2.35. The Balaban J connectivity index is 2.28. The fourth-order valence-corrected chi connectivity index (χ4v) is 3.27. The number of thiophene rings is 1. The van der Waals surface area contributed by atoms with Gasteiger partial charge in [0.05, 0.1) is 18.1 Å². The van der Waals surface area contributed by atoms with Crippen LogP contribution in [0.1, 0.15) is 10.4 Å². The third kappa shape index (κ3) is 1.91. The predicted octanol–water partition coefficient (Wildman–Crippen LogP) is 3.57. The standard InChI is InChI=1S/C15H15N3OS/c1-8-9(2)20-15-12(8)13(16)17-14(18-15)10-6-4-5-7-11(10)19-3/h4-7H,1-3H3,(H2,16,17,18). The number of para-hydroxylation sites is 1. The number of aryl methyl sites for hydroxylation is 2. The molecule has 0 spiro atoms. The molecule has 0 bridgehead atoms. The maximum atomic E-state index is 6.11. The minimum atomic E-state index is 0.526. The smallest absolute Gasteiger partial charge is 0.166 e. The average Bonchev–Trinajstić information content (AvgIpc) is 2.74. The molecule has 102 valence electrons. The van der Waals surface area contributed by atoms with Gasteiger partial charge in [0.25, 0.3) is 0 Å². The highest BCUT2D eigenvalue weighted by Gasteiger charge is 2.15. The minimum absolute atomic E-state index is 0.526. The van der Waals surface area contributed by atoms with Crippen molar-refractivity contribution in [1.29, 1.82) is 0 Å². The Morgan fingerprint density at radius 2 is 1.90 bits per heavy atom. The van der Waals surface area contributed by atoms with Crippen molar-refractivity contribution in [1.82, 2.24) is 9.97 Å². The van der Waals surface area contributed by atoms with Gasteiger partial charge in [-0.2, -0.15) is 0 Å². The summed E-state index contributed by atoms with van der Waals surface area (Å²) in [6, 6.07) is 7.69. The van der Waals surface area contributed by atoms with E-state index < -0.39 is 0 Å². The Kier molecular flexibility index (Phi) is 3.06. The third-order valence-corrected chi connectivity index (χ3v) is 4.51. The summed E-state index contributed by atoms with van der Waals surface area (Å²) in [6.45, 7) is 4.13. The van der Waals surface area contributed by atoms with E-state index in [0.717, 1.165) is 27.1 Å². The largest absolute Gasteiger partial charge is 0.496 e. The molecule has 2 heterocycles. The molecule has 2 N–H and O–H groups in total. The molecule has 1 aromatic carbocycles. The summed E-state index contributed by atoms with van der Waals surface area (Å²) >= 11 is 1.64. The normalized spacial score (nSPS) is 10.9. The Morgan fingerprint density at radius 3 is 2.65 bits per heavy atom. The number of hydrogen-bond donors (Lipinski definition) is 1. The van der Waals surface area contributed by atoms with Gasteiger partial charge in [-0.15, -0.1) is 11.3 Å². The molecule has 20 heavy (non-hydrogen) atoms. The summed E-state index contributed by atoms with van der Waals surface area (Å²) in [7, 11) is 1.64. The lowest BCUT2D eigenvalue weighted by Crippen LogP contribution is -1.98. The van der Waals surface area contributed by atoms with Gasteiger partial charge in [0.1, 0.15) is 16.4 Å². The highest BCUT2D eigenvalue weighted by atomic mass is 32.1. The molecule has 0 aliphatic rings. The van der Waals surface area contributed by atoms with Gasteiger partial charge in [0.15, 0.2) is 5.82 Å². The molecule has 0 amide bonds. The SMILES string of the molecule is COc1ccccc1-c1nc(N)c2c(C)c(C)sc2n1. The van der Waals surface area contributed by atoms with Crippen LogP contribution >= 0.6 is 11.3 Å². The molecular weight excluding hydrogens is 270 g/mol. The van der Waals surface area contributed by atoms with Crippen molar-refractivity contribution in [3.63, 3.8) is 0 Å². The maximum absolute atomic E-state index is 6.11. The van der Waals surface area contributed by atoms with Crippen molar-refractivity contribution in [2.24, 2.45) is 0 Å². The van der Waals surface area contributed by atoms with Crippen LogP contribution in [0, 0.1) is 13.8 Å². The van der Waals surface area contributed by atoms with Gasteiger partial charge in [-0.3, -0.25) is 0 Å². The van der Waals surface area contributed by atoms with E-state index in [0.29, 0.717) is 11.6 Å². The molecule has 0 atom stereocenters. The molecule has 0 aliphatic carbocycles. The Labute approximate surface area is 121 Å². The first kappa shape index (κ1) is 12.9. The summed E-state index contributed by atoms with van der Waals surface area (Å²) < 4.78 is 5.36. The van der Waals surface area contributed by atoms with Crippen LogP contribution in [0.4, 0.5) is 5.82 Å². The number of nitrogen functional groups attached to an aromatic ring is 1. The van der Waals surface area contributed by atoms with Crippen molar-refractivity contribution in [2.75, 3.05) is 12.8 Å². The van der Waals surface area contributed by atoms with Gasteiger partial charge < -0.3 is 10.5 Å². The van der Waals surface area contributed by atoms with Crippen LogP contribution in [-0.4, -0.2) is 17.1 Å². The van der Waals surface area contributed by atoms with Crippen LogP contribution in [0.25, 0.3) is 21.6 Å². The second-order valence-electron chi connectivity index (χ2n) is 4.60. The number of benzene rings is 1. The highest BCUT2D eigenvalue weighted by molar-refractivity contribution is 7.18. The molecule has 0 aliphatic heterocycles. The number of methoxy groups -OCH3 is 1. The topological polar surface area (TPSA) is 61.0 Å². The lowest BCUT2D eigenvalue weighted by Gasteiger charge is -2.08. The van der Waals surface area contributed by atoms with Gasteiger partial charge in [0, 0.05) is 4.88 Å². The minimum Gasteiger partial charge on any atom is -0.496 e. The molecule has 0 fully saturated rings. The summed E-state index contributed by atoms with van der Waals surface area (Å²) in [4.78, 5) is 11.2. The van der Waals surface area contributed by atoms with Crippen LogP contribution in [0.15, 0.2) is 24.3 Å². The molecule has 4 nitrogen and oxygen atoms in total. The van der Waals surface area contributed by atoms with Gasteiger partial charge in [-0.1, -0.05) is 12.1 Å². The van der Waals surface area contributed by atoms with E-state index in [2.05, 4.69) is 23.8 Å². The Morgan fingerprint density at radius 1 is 1.15 bits per heavy atom. The van der Waals surface area contributed by atoms with Crippen LogP contribution < -0.4 is 10.5 Å². The number of aromatic nitrogens is 2. The first-order chi connectivity index (χ1) is 9.61. The molecule has 2 aromatic heterocycles. The van der Waals surface area contributed by atoms with E-state index in [1.807, 2.05) is 24.3 Å². The monoisotopic (exact) mass is 285 g/mol. The van der Waals surface area contributed by atoms with E-state index in [-0.39, 0.29) is 0 Å². The summed E-state index contributed by atoms with van der Waals surface area (Å²) in [6.07, 6.45) is 0. The zero-order valence-corrected chi connectivity index (χ0v) is 12.4. The third-order valence-electron chi connectivity index (χ3n) is 3.40. The summed E-state index contributed by atoms with van der Waals surface area (Å²) in [5.41, 5.74) is 8.13. The fourth-order valence-electron chi connectivity index (χ4n) is 2.23. The Bertz CT molecular complexity index is 795. The van der Waals surface area contributed by atoms with Gasteiger partial charge in [-0.25, -0.2) is 9.97 Å². The lowest BCUT2D eigenvalue weighted by atomic mass is 10.1. The van der Waals surface area contributed by atoms with Crippen LogP contribution in [0.2, 0.25) is 0 Å². The molecule has 3 aromatic rings. The fraction of sp³-hybridized carbons (Fsp3) is 0.200. The number of anilines is 1. The second-order valence-corrected chi connectivity index (χ2v) is 5.80. The first-order valence-corrected chi connectivity index (χ1v) is 7.10. The quantitative estimate of drug-likeness (QED) is 0.782. The van der Waals surface area contributed by atoms with Gasteiger partial charge in [0.2, 0.25) is 0 Å². The van der Waals surface area contributed by atoms with E-state index in [9.17, 15) is 0 Å². The van der Waals surface area contributed by atoms with E-state index in [1.54, 1.807) is 18.4 Å². The molecule has 0 saturated heterocycles.